The summed E-state index contributed by atoms with van der Waals surface area (Å²) in [6.07, 6.45) is 1.28. The number of aliphatic carboxylic acids is 2. The van der Waals surface area contributed by atoms with Gasteiger partial charge in [-0.15, -0.1) is 0 Å². The van der Waals surface area contributed by atoms with Crippen LogP contribution >= 0.6 is 0 Å². The molecule has 0 fully saturated rings. The Morgan fingerprint density at radius 3 is 1.59 bits per heavy atom. The fourth-order valence-corrected chi connectivity index (χ4v) is 7.99. The maximum atomic E-state index is 14.4. The van der Waals surface area contributed by atoms with E-state index in [1.165, 1.54) is 31.2 Å². The van der Waals surface area contributed by atoms with E-state index in [2.05, 4.69) is 42.2 Å². The van der Waals surface area contributed by atoms with Gasteiger partial charge in [-0.25, -0.2) is 4.79 Å². The quantitative estimate of drug-likeness (QED) is 0.0388. The Morgan fingerprint density at radius 1 is 0.541 bits per heavy atom. The summed E-state index contributed by atoms with van der Waals surface area (Å²) < 4.78 is 0. The topological polar surface area (TPSA) is 340 Å². The molecule has 0 spiro atoms. The van der Waals surface area contributed by atoms with Crippen molar-refractivity contribution in [2.45, 2.75) is 135 Å². The van der Waals surface area contributed by atoms with Crippen LogP contribution in [0.4, 0.5) is 0 Å². The van der Waals surface area contributed by atoms with Gasteiger partial charge in [-0.2, -0.15) is 0 Å². The zero-order valence-corrected chi connectivity index (χ0v) is 42.8. The van der Waals surface area contributed by atoms with Crippen LogP contribution in [-0.4, -0.2) is 122 Å². The van der Waals surface area contributed by atoms with Gasteiger partial charge in [-0.1, -0.05) is 109 Å². The van der Waals surface area contributed by atoms with Gasteiger partial charge in [0.2, 0.25) is 41.4 Å². The van der Waals surface area contributed by atoms with Crippen molar-refractivity contribution >= 4 is 64.2 Å². The number of aromatic amines is 1. The minimum Gasteiger partial charge on any atom is -0.508 e. The average molecular weight is 1030 g/mol. The number of phenols is 1. The summed E-state index contributed by atoms with van der Waals surface area (Å²) in [6, 6.07) is 11.6. The molecule has 0 aliphatic heterocycles. The monoisotopic (exact) mass is 1030 g/mol. The van der Waals surface area contributed by atoms with Gasteiger partial charge in [0.1, 0.15) is 48.0 Å². The van der Waals surface area contributed by atoms with E-state index in [9.17, 15) is 53.4 Å². The molecule has 4 aromatic rings. The zero-order chi connectivity index (χ0) is 54.8. The van der Waals surface area contributed by atoms with E-state index in [0.29, 0.717) is 23.1 Å². The third-order valence-electron chi connectivity index (χ3n) is 12.7. The highest BCUT2D eigenvalue weighted by Crippen LogP contribution is 2.20. The molecule has 7 amide bonds. The van der Waals surface area contributed by atoms with Crippen molar-refractivity contribution < 1.29 is 58.5 Å². The Bertz CT molecular complexity index is 2590. The first-order valence-electron chi connectivity index (χ1n) is 24.7. The maximum Gasteiger partial charge on any atom is 0.326 e. The van der Waals surface area contributed by atoms with Gasteiger partial charge < -0.3 is 63.3 Å². The molecule has 1 heterocycles. The maximum absolute atomic E-state index is 14.4. The molecule has 400 valence electrons. The summed E-state index contributed by atoms with van der Waals surface area (Å²) in [6.45, 7) is 11.5. The molecule has 9 atom stereocenters. The highest BCUT2D eigenvalue weighted by Gasteiger charge is 2.36. The van der Waals surface area contributed by atoms with Crippen LogP contribution in [0.2, 0.25) is 0 Å². The number of amides is 7. The van der Waals surface area contributed by atoms with E-state index < -0.39 is 119 Å². The molecule has 0 unspecified atom stereocenters. The van der Waals surface area contributed by atoms with E-state index in [1.54, 1.807) is 78.1 Å². The normalized spacial score (nSPS) is 14.9. The molecule has 1 aromatic heterocycles. The smallest absolute Gasteiger partial charge is 0.326 e. The van der Waals surface area contributed by atoms with E-state index in [4.69, 9.17) is 10.8 Å². The lowest BCUT2D eigenvalue weighted by molar-refractivity contribution is -0.142. The van der Waals surface area contributed by atoms with Crippen LogP contribution in [0.25, 0.3) is 10.9 Å². The molecule has 74 heavy (non-hydrogen) atoms. The number of H-pyrrole nitrogens is 1. The summed E-state index contributed by atoms with van der Waals surface area (Å²) in [7, 11) is 0. The molecule has 4 rings (SSSR count). The molecule has 0 saturated carbocycles. The van der Waals surface area contributed by atoms with Crippen molar-refractivity contribution in [1.29, 1.82) is 0 Å². The van der Waals surface area contributed by atoms with Gasteiger partial charge in [0.15, 0.2) is 0 Å². The third kappa shape index (κ3) is 17.5. The lowest BCUT2D eigenvalue weighted by Gasteiger charge is -2.30. The lowest BCUT2D eigenvalue weighted by atomic mass is 9.95. The number of carbonyl (C=O) groups is 9. The fourth-order valence-electron chi connectivity index (χ4n) is 7.99. The van der Waals surface area contributed by atoms with Crippen molar-refractivity contribution in [3.05, 3.63) is 102 Å². The highest BCUT2D eigenvalue weighted by atomic mass is 16.4. The van der Waals surface area contributed by atoms with Gasteiger partial charge in [0, 0.05) is 42.8 Å². The second-order valence-corrected chi connectivity index (χ2v) is 19.2. The number of nitrogens with one attached hydrogen (secondary N) is 8. The first-order chi connectivity index (χ1) is 35.0. The second kappa shape index (κ2) is 27.9. The fraction of sp³-hybridized carbons (Fsp3) is 0.453. The SMILES string of the molecule is CC[C@H](C)[C@H](NC(=O)[C@@H](NC(=O)[C@H](C)NC(=O)[C@H](Cc1ccccc1)NC(=O)[C@H](Cc1ccc(O)cc1)NC(=O)[C@@H](NC(=O)[C@@H](N)CCC(=O)O)C(C)C)C(C)C)C(=O)N[C@@H](Cc1c[nH]c2ccccc12)C(=O)O. The minimum absolute atomic E-state index is 0.0388. The molecule has 0 bridgehead atoms. The Hall–Kier alpha value is -7.81. The molecular weight excluding hydrogens is 955 g/mol. The van der Waals surface area contributed by atoms with Crippen molar-refractivity contribution in [2.24, 2.45) is 23.5 Å². The van der Waals surface area contributed by atoms with Crippen molar-refractivity contribution in [1.82, 2.24) is 42.2 Å². The van der Waals surface area contributed by atoms with Crippen molar-refractivity contribution in [3.63, 3.8) is 0 Å². The Balaban J connectivity index is 1.51. The Labute approximate surface area is 430 Å². The van der Waals surface area contributed by atoms with Crippen LogP contribution in [-0.2, 0) is 62.4 Å². The van der Waals surface area contributed by atoms with Gasteiger partial charge in [0.25, 0.3) is 0 Å². The first kappa shape index (κ1) is 58.8. The predicted molar refractivity (Wildman–Crippen MR) is 275 cm³/mol. The number of carbonyl (C=O) groups excluding carboxylic acids is 7. The van der Waals surface area contributed by atoms with Gasteiger partial charge in [-0.05, 0) is 66.0 Å². The highest BCUT2D eigenvalue weighted by molar-refractivity contribution is 5.98. The van der Waals surface area contributed by atoms with Gasteiger partial charge >= 0.3 is 11.9 Å². The predicted octanol–water partition coefficient (Wildman–Crippen LogP) is 1.95. The summed E-state index contributed by atoms with van der Waals surface area (Å²) in [4.78, 5) is 124. The number of hydrogen-bond acceptors (Lipinski definition) is 11. The number of hydrogen-bond donors (Lipinski definition) is 12. The number of carboxylic acid groups (broad SMARTS) is 2. The van der Waals surface area contributed by atoms with Gasteiger partial charge in [0.05, 0.1) is 6.04 Å². The Kier molecular flexibility index (Phi) is 22.1. The standard InChI is InChI=1S/C53H71N9O12/c1-8-30(6)45(52(72)59-41(53(73)74)26-34-27-55-38-17-13-12-16-36(34)38)62-51(71)44(29(4)5)60-46(66)31(7)56-48(68)39(24-32-14-10-9-11-15-32)57-49(69)40(25-33-18-20-35(63)21-19-33)58-50(70)43(28(2)3)61-47(67)37(54)22-23-42(64)65/h9-21,27-31,37,39-41,43-45,55,63H,8,22-26,54H2,1-7H3,(H,56,68)(H,57,69)(H,58,70)(H,59,72)(H,60,66)(H,61,67)(H,62,71)(H,64,65)(H,73,74)/t30-,31-,37-,39-,40-,41-,43-,44-,45-/m0/s1. The number of para-hydroxylation sites is 1. The molecule has 0 aliphatic rings. The van der Waals surface area contributed by atoms with E-state index >= 15 is 0 Å². The first-order valence-corrected chi connectivity index (χ1v) is 24.7. The molecule has 0 aliphatic carbocycles. The number of fused-ring (bicyclic) bond motifs is 1. The zero-order valence-electron chi connectivity index (χ0n) is 42.8. The molecule has 13 N–H and O–H groups in total. The summed E-state index contributed by atoms with van der Waals surface area (Å²) in [5.41, 5.74) is 8.51. The Morgan fingerprint density at radius 2 is 1.03 bits per heavy atom. The molecule has 0 saturated heterocycles. The number of aromatic hydroxyl groups is 1. The lowest BCUT2D eigenvalue weighted by Crippen LogP contribution is -2.61. The molecule has 0 radical (unpaired) electrons. The van der Waals surface area contributed by atoms with Crippen molar-refractivity contribution in [2.75, 3.05) is 0 Å². The van der Waals surface area contributed by atoms with Gasteiger partial charge in [-0.3, -0.25) is 38.4 Å². The van der Waals surface area contributed by atoms with Crippen LogP contribution in [0.5, 0.6) is 5.75 Å². The van der Waals surface area contributed by atoms with Crippen LogP contribution in [0.1, 0.15) is 84.4 Å². The summed E-state index contributed by atoms with van der Waals surface area (Å²) in [5, 5.41) is 48.5. The minimum atomic E-state index is -1.38. The van der Waals surface area contributed by atoms with Crippen LogP contribution in [0, 0.1) is 17.8 Å². The number of rotatable bonds is 28. The van der Waals surface area contributed by atoms with Crippen LogP contribution in [0.15, 0.2) is 85.1 Å². The van der Waals surface area contributed by atoms with Crippen LogP contribution < -0.4 is 43.0 Å². The largest absolute Gasteiger partial charge is 0.508 e. The van der Waals surface area contributed by atoms with Crippen LogP contribution in [0.3, 0.4) is 0 Å². The number of nitrogens with two attached hydrogens (primary N) is 1. The number of benzene rings is 3. The number of aromatic nitrogens is 1. The molecule has 21 nitrogen and oxygen atoms in total. The summed E-state index contributed by atoms with van der Waals surface area (Å²) >= 11 is 0. The number of phenolic OH excluding ortho intramolecular Hbond substituents is 1. The van der Waals surface area contributed by atoms with E-state index in [1.807, 2.05) is 24.3 Å². The molecular formula is C53H71N9O12. The molecule has 3 aromatic carbocycles. The van der Waals surface area contributed by atoms with Crippen molar-refractivity contribution in [3.8, 4) is 5.75 Å². The summed E-state index contributed by atoms with van der Waals surface area (Å²) in [5.74, 6) is -9.46. The van der Waals surface area contributed by atoms with E-state index in [-0.39, 0.29) is 37.9 Å². The molecule has 21 heteroatoms. The van der Waals surface area contributed by atoms with E-state index in [0.717, 1.165) is 10.9 Å². The third-order valence-corrected chi connectivity index (χ3v) is 12.7. The number of carboxylic acids is 2. The average Bonchev–Trinajstić information content (AvgIpc) is 3.77. The second-order valence-electron chi connectivity index (χ2n) is 19.2.